The minimum absolute atomic E-state index is 0. The molecule has 0 saturated carbocycles. The van der Waals surface area contributed by atoms with E-state index in [2.05, 4.69) is 11.3 Å². The molecule has 12 heavy (non-hydrogen) atoms. The van der Waals surface area contributed by atoms with Gasteiger partial charge in [0.25, 0.3) is 0 Å². The van der Waals surface area contributed by atoms with E-state index >= 15 is 0 Å². The SMILES string of the molecule is C=C(C)C(=O)OC(O)C(=O)[O-].[Li+]. The van der Waals surface area contributed by atoms with E-state index in [0.29, 0.717) is 0 Å². The number of carboxylic acid groups (broad SMARTS) is 1. The fourth-order valence-corrected chi connectivity index (χ4v) is 0.250. The van der Waals surface area contributed by atoms with E-state index in [0.717, 1.165) is 0 Å². The van der Waals surface area contributed by atoms with Gasteiger partial charge < -0.3 is 19.7 Å². The number of rotatable bonds is 3. The van der Waals surface area contributed by atoms with Gasteiger partial charge in [-0.2, -0.15) is 0 Å². The van der Waals surface area contributed by atoms with Crippen molar-refractivity contribution in [3.05, 3.63) is 12.2 Å². The Bertz CT molecular complexity index is 200. The predicted molar refractivity (Wildman–Crippen MR) is 31.9 cm³/mol. The summed E-state index contributed by atoms with van der Waals surface area (Å²) < 4.78 is 3.93. The Morgan fingerprint density at radius 2 is 2.00 bits per heavy atom. The summed E-state index contributed by atoms with van der Waals surface area (Å²) in [6, 6.07) is 0. The van der Waals surface area contributed by atoms with Crippen LogP contribution in [-0.4, -0.2) is 23.3 Å². The predicted octanol–water partition coefficient (Wildman–Crippen LogP) is -4.82. The van der Waals surface area contributed by atoms with E-state index in [1.54, 1.807) is 0 Å². The molecular weight excluding hydrogens is 159 g/mol. The van der Waals surface area contributed by atoms with Gasteiger partial charge in [0, 0.05) is 5.57 Å². The summed E-state index contributed by atoms with van der Waals surface area (Å²) >= 11 is 0. The van der Waals surface area contributed by atoms with Gasteiger partial charge in [-0.15, -0.1) is 0 Å². The minimum atomic E-state index is -2.22. The molecule has 0 aromatic carbocycles. The zero-order chi connectivity index (χ0) is 9.02. The van der Waals surface area contributed by atoms with Crippen LogP contribution in [0.25, 0.3) is 0 Å². The van der Waals surface area contributed by atoms with Crippen molar-refractivity contribution >= 4 is 11.9 Å². The van der Waals surface area contributed by atoms with Crippen molar-refractivity contribution in [3.63, 3.8) is 0 Å². The minimum Gasteiger partial charge on any atom is -0.544 e. The molecule has 1 N–H and O–H groups in total. The molecule has 0 fully saturated rings. The van der Waals surface area contributed by atoms with Crippen molar-refractivity contribution in [1.82, 2.24) is 0 Å². The normalized spacial score (nSPS) is 10.8. The van der Waals surface area contributed by atoms with Crippen LogP contribution >= 0.6 is 0 Å². The third-order valence-electron chi connectivity index (χ3n) is 0.769. The van der Waals surface area contributed by atoms with Crippen LogP contribution < -0.4 is 24.0 Å². The van der Waals surface area contributed by atoms with Crippen molar-refractivity contribution in [3.8, 4) is 0 Å². The molecule has 0 heterocycles. The second-order valence-electron chi connectivity index (χ2n) is 1.86. The maximum absolute atomic E-state index is 10.5. The Labute approximate surface area is 81.2 Å². The molecular formula is C6H7LiO5. The second-order valence-corrected chi connectivity index (χ2v) is 1.86. The zero-order valence-corrected chi connectivity index (χ0v) is 6.86. The Morgan fingerprint density at radius 3 is 2.25 bits per heavy atom. The van der Waals surface area contributed by atoms with Gasteiger partial charge in [0.15, 0.2) is 0 Å². The molecule has 62 valence electrons. The van der Waals surface area contributed by atoms with Crippen molar-refractivity contribution in [2.24, 2.45) is 0 Å². The van der Waals surface area contributed by atoms with Crippen molar-refractivity contribution in [2.75, 3.05) is 0 Å². The Morgan fingerprint density at radius 1 is 1.58 bits per heavy atom. The Kier molecular flexibility index (Phi) is 6.71. The van der Waals surface area contributed by atoms with Crippen molar-refractivity contribution < 1.29 is 43.4 Å². The summed E-state index contributed by atoms with van der Waals surface area (Å²) in [5.41, 5.74) is 0.00491. The Balaban J connectivity index is 0. The third kappa shape index (κ3) is 4.96. The molecule has 1 atom stereocenters. The second kappa shape index (κ2) is 5.83. The maximum atomic E-state index is 10.5. The first kappa shape index (κ1) is 13.8. The topological polar surface area (TPSA) is 86.7 Å². The molecule has 0 amide bonds. The van der Waals surface area contributed by atoms with Gasteiger partial charge in [-0.25, -0.2) is 4.79 Å². The van der Waals surface area contributed by atoms with E-state index in [-0.39, 0.29) is 24.4 Å². The first-order valence-corrected chi connectivity index (χ1v) is 2.70. The summed E-state index contributed by atoms with van der Waals surface area (Å²) in [7, 11) is 0. The number of carbonyl (C=O) groups excluding carboxylic acids is 2. The fraction of sp³-hybridized carbons (Fsp3) is 0.333. The quantitative estimate of drug-likeness (QED) is 0.197. The first-order valence-electron chi connectivity index (χ1n) is 2.70. The van der Waals surface area contributed by atoms with Gasteiger partial charge in [-0.1, -0.05) is 6.58 Å². The number of aliphatic hydroxyl groups is 1. The molecule has 0 aliphatic rings. The number of aliphatic hydroxyl groups excluding tert-OH is 1. The standard InChI is InChI=1S/C6H8O5.Li/c1-3(2)5(9)11-6(10)4(7)8;/h6,10H,1H2,2H3,(H,7,8);/q;+1/p-1. The van der Waals surface area contributed by atoms with Crippen molar-refractivity contribution in [2.45, 2.75) is 13.2 Å². The van der Waals surface area contributed by atoms with Crippen LogP contribution in [0.1, 0.15) is 6.92 Å². The van der Waals surface area contributed by atoms with Gasteiger partial charge in [-0.3, -0.25) is 0 Å². The molecule has 1 unspecified atom stereocenters. The molecule has 0 rings (SSSR count). The van der Waals surface area contributed by atoms with Crippen LogP contribution in [0.2, 0.25) is 0 Å². The van der Waals surface area contributed by atoms with Gasteiger partial charge in [-0.05, 0) is 6.92 Å². The molecule has 0 aliphatic carbocycles. The van der Waals surface area contributed by atoms with Gasteiger partial charge in [0.2, 0.25) is 6.29 Å². The molecule has 0 saturated heterocycles. The Hall–Kier alpha value is -0.763. The summed E-state index contributed by atoms with van der Waals surface area (Å²) in [5, 5.41) is 18.2. The number of aliphatic carboxylic acids is 1. The largest absolute Gasteiger partial charge is 1.00 e. The third-order valence-corrected chi connectivity index (χ3v) is 0.769. The number of carbonyl (C=O) groups is 2. The molecule has 5 nitrogen and oxygen atoms in total. The van der Waals surface area contributed by atoms with Gasteiger partial charge in [0.05, 0.1) is 0 Å². The van der Waals surface area contributed by atoms with Gasteiger partial charge in [0.1, 0.15) is 5.97 Å². The molecule has 0 aliphatic heterocycles. The average Bonchev–Trinajstić information content (AvgIpc) is 1.87. The summed E-state index contributed by atoms with van der Waals surface area (Å²) in [6.07, 6.45) is -2.22. The van der Waals surface area contributed by atoms with Gasteiger partial charge >= 0.3 is 24.8 Å². The molecule has 6 heteroatoms. The fourth-order valence-electron chi connectivity index (χ4n) is 0.250. The number of ether oxygens (including phenoxy) is 1. The smallest absolute Gasteiger partial charge is 0.544 e. The molecule has 0 aromatic rings. The number of esters is 1. The van der Waals surface area contributed by atoms with E-state index in [9.17, 15) is 14.7 Å². The summed E-state index contributed by atoms with van der Waals surface area (Å²) in [4.78, 5) is 20.3. The van der Waals surface area contributed by atoms with Crippen molar-refractivity contribution in [1.29, 1.82) is 0 Å². The molecule has 0 bridgehead atoms. The van der Waals surface area contributed by atoms with Crippen LogP contribution in [0.4, 0.5) is 0 Å². The van der Waals surface area contributed by atoms with Crippen LogP contribution in [0, 0.1) is 0 Å². The maximum Gasteiger partial charge on any atom is 1.00 e. The summed E-state index contributed by atoms with van der Waals surface area (Å²) in [5.74, 6) is -2.83. The van der Waals surface area contributed by atoms with Crippen LogP contribution in [0.15, 0.2) is 12.2 Å². The first-order chi connectivity index (χ1) is 4.95. The van der Waals surface area contributed by atoms with E-state index in [1.807, 2.05) is 0 Å². The number of hydrogen-bond donors (Lipinski definition) is 1. The monoisotopic (exact) mass is 166 g/mol. The molecule has 0 aromatic heterocycles. The van der Waals surface area contributed by atoms with E-state index < -0.39 is 18.2 Å². The van der Waals surface area contributed by atoms with E-state index in [1.165, 1.54) is 6.92 Å². The number of hydrogen-bond acceptors (Lipinski definition) is 5. The van der Waals surface area contributed by atoms with Crippen LogP contribution in [0.5, 0.6) is 0 Å². The van der Waals surface area contributed by atoms with Crippen LogP contribution in [-0.2, 0) is 14.3 Å². The van der Waals surface area contributed by atoms with Crippen LogP contribution in [0.3, 0.4) is 0 Å². The average molecular weight is 166 g/mol. The molecule has 0 radical (unpaired) electrons. The molecule has 0 spiro atoms. The number of carboxylic acids is 1. The summed E-state index contributed by atoms with van der Waals surface area (Å²) in [6.45, 7) is 4.49. The van der Waals surface area contributed by atoms with E-state index in [4.69, 9.17) is 5.11 Å². The zero-order valence-electron chi connectivity index (χ0n) is 6.86.